The molecule has 1 aliphatic heterocycles. The molecule has 3 aromatic heterocycles. The van der Waals surface area contributed by atoms with Gasteiger partial charge < -0.3 is 19.1 Å². The van der Waals surface area contributed by atoms with Crippen molar-refractivity contribution in [3.8, 4) is 11.4 Å². The summed E-state index contributed by atoms with van der Waals surface area (Å²) in [4.78, 5) is 19.3. The van der Waals surface area contributed by atoms with Gasteiger partial charge in [-0.05, 0) is 31.0 Å². The number of pyridine rings is 1. The first-order chi connectivity index (χ1) is 14.7. The summed E-state index contributed by atoms with van der Waals surface area (Å²) in [5.74, 6) is 3.19. The summed E-state index contributed by atoms with van der Waals surface area (Å²) in [7, 11) is 1.61. The van der Waals surface area contributed by atoms with E-state index in [0.29, 0.717) is 17.5 Å². The number of anilines is 1. The number of hydrogen-bond acceptors (Lipinski definition) is 7. The minimum Gasteiger partial charge on any atom is -0.375 e. The summed E-state index contributed by atoms with van der Waals surface area (Å²) in [6.07, 6.45) is 3.55. The highest BCUT2D eigenvalue weighted by molar-refractivity contribution is 6.33. The van der Waals surface area contributed by atoms with E-state index in [1.807, 2.05) is 30.3 Å². The number of hydrogen-bond donors (Lipinski definition) is 1. The van der Waals surface area contributed by atoms with E-state index in [-0.39, 0.29) is 5.92 Å². The van der Waals surface area contributed by atoms with Gasteiger partial charge in [0.05, 0.1) is 16.1 Å². The normalized spacial score (nSPS) is 15.2. The molecule has 8 nitrogen and oxygen atoms in total. The highest BCUT2D eigenvalue weighted by Gasteiger charge is 2.26. The van der Waals surface area contributed by atoms with Gasteiger partial charge in [0, 0.05) is 37.9 Å². The zero-order valence-corrected chi connectivity index (χ0v) is 17.3. The summed E-state index contributed by atoms with van der Waals surface area (Å²) in [5.41, 5.74) is 2.74. The molecule has 4 heterocycles. The molecule has 0 amide bonds. The molecule has 1 aromatic carbocycles. The number of ether oxygens (including phenoxy) is 1. The van der Waals surface area contributed by atoms with Crippen LogP contribution in [0.3, 0.4) is 0 Å². The molecule has 0 saturated carbocycles. The Balaban J connectivity index is 1.33. The van der Waals surface area contributed by atoms with Crippen molar-refractivity contribution >= 4 is 28.5 Å². The molecule has 1 aliphatic rings. The second-order valence-electron chi connectivity index (χ2n) is 7.37. The molecule has 0 unspecified atom stereocenters. The van der Waals surface area contributed by atoms with Crippen molar-refractivity contribution in [2.45, 2.75) is 25.4 Å². The number of halogens is 1. The maximum Gasteiger partial charge on any atom is 0.252 e. The van der Waals surface area contributed by atoms with Crippen molar-refractivity contribution in [1.29, 1.82) is 0 Å². The number of nitrogens with zero attached hydrogens (tertiary/aromatic N) is 5. The van der Waals surface area contributed by atoms with Crippen molar-refractivity contribution < 1.29 is 9.26 Å². The standard InChI is InChI=1S/C21H21ClN6O2/c1-29-12-19-26-20(27-30-19)13-6-8-28(9-7-13)18-10-14(15(22)11-23-18)21-24-16-4-2-3-5-17(16)25-21/h2-5,10-11,13H,6-9,12H2,1H3,(H,24,25). The van der Waals surface area contributed by atoms with Crippen LogP contribution in [0.25, 0.3) is 22.4 Å². The number of aromatic amines is 1. The van der Waals surface area contributed by atoms with Crippen molar-refractivity contribution in [2.75, 3.05) is 25.1 Å². The lowest BCUT2D eigenvalue weighted by molar-refractivity contribution is 0.151. The Kier molecular flexibility index (Phi) is 5.10. The molecule has 1 N–H and O–H groups in total. The fourth-order valence-corrected chi connectivity index (χ4v) is 4.04. The first-order valence-corrected chi connectivity index (χ1v) is 10.3. The highest BCUT2D eigenvalue weighted by atomic mass is 35.5. The van der Waals surface area contributed by atoms with Crippen molar-refractivity contribution in [3.05, 3.63) is 53.3 Å². The van der Waals surface area contributed by atoms with Crippen LogP contribution in [0.15, 0.2) is 41.1 Å². The van der Waals surface area contributed by atoms with Crippen molar-refractivity contribution in [2.24, 2.45) is 0 Å². The number of para-hydroxylation sites is 2. The van der Waals surface area contributed by atoms with Crippen LogP contribution < -0.4 is 4.90 Å². The molecule has 1 saturated heterocycles. The average Bonchev–Trinajstić information content (AvgIpc) is 3.41. The molecular formula is C21H21ClN6O2. The van der Waals surface area contributed by atoms with Crippen LogP contribution in [0, 0.1) is 0 Å². The summed E-state index contributed by atoms with van der Waals surface area (Å²) >= 11 is 6.45. The first-order valence-electron chi connectivity index (χ1n) is 9.88. The SMILES string of the molecule is COCc1nc(C2CCN(c3cc(-c4nc5ccccc5[nH]4)c(Cl)cn3)CC2)no1. The smallest absolute Gasteiger partial charge is 0.252 e. The van der Waals surface area contributed by atoms with E-state index in [0.717, 1.165) is 60.0 Å². The van der Waals surface area contributed by atoms with Gasteiger partial charge >= 0.3 is 0 Å². The van der Waals surface area contributed by atoms with Gasteiger partial charge in [-0.15, -0.1) is 0 Å². The predicted octanol–water partition coefficient (Wildman–Crippen LogP) is 4.19. The monoisotopic (exact) mass is 424 g/mol. The number of methoxy groups -OCH3 is 1. The van der Waals surface area contributed by atoms with Crippen LogP contribution >= 0.6 is 11.6 Å². The molecule has 154 valence electrons. The van der Waals surface area contributed by atoms with Gasteiger partial charge in [0.15, 0.2) is 5.82 Å². The molecule has 1 fully saturated rings. The maximum atomic E-state index is 6.45. The predicted molar refractivity (Wildman–Crippen MR) is 114 cm³/mol. The second-order valence-corrected chi connectivity index (χ2v) is 7.77. The van der Waals surface area contributed by atoms with Crippen LogP contribution in [0.4, 0.5) is 5.82 Å². The van der Waals surface area contributed by atoms with Gasteiger partial charge in [-0.3, -0.25) is 0 Å². The Hall–Kier alpha value is -2.97. The fourth-order valence-electron chi connectivity index (χ4n) is 3.85. The van der Waals surface area contributed by atoms with Gasteiger partial charge in [-0.25, -0.2) is 9.97 Å². The van der Waals surface area contributed by atoms with E-state index in [4.69, 9.17) is 20.9 Å². The van der Waals surface area contributed by atoms with Crippen LogP contribution in [-0.4, -0.2) is 45.3 Å². The van der Waals surface area contributed by atoms with Gasteiger partial charge in [0.25, 0.3) is 5.89 Å². The summed E-state index contributed by atoms with van der Waals surface area (Å²) in [5, 5.41) is 4.69. The Morgan fingerprint density at radius 3 is 2.87 bits per heavy atom. The third-order valence-electron chi connectivity index (χ3n) is 5.42. The van der Waals surface area contributed by atoms with Crippen LogP contribution in [-0.2, 0) is 11.3 Å². The zero-order valence-electron chi connectivity index (χ0n) is 16.5. The Morgan fingerprint density at radius 2 is 2.07 bits per heavy atom. The van der Waals surface area contributed by atoms with Crippen LogP contribution in [0.1, 0.15) is 30.5 Å². The van der Waals surface area contributed by atoms with Crippen LogP contribution in [0.2, 0.25) is 5.02 Å². The number of fused-ring (bicyclic) bond motifs is 1. The number of aromatic nitrogens is 5. The maximum absolute atomic E-state index is 6.45. The van der Waals surface area contributed by atoms with Crippen molar-refractivity contribution in [3.63, 3.8) is 0 Å². The van der Waals surface area contributed by atoms with E-state index in [2.05, 4.69) is 30.0 Å². The van der Waals surface area contributed by atoms with Crippen LogP contribution in [0.5, 0.6) is 0 Å². The van der Waals surface area contributed by atoms with E-state index in [1.54, 1.807) is 13.3 Å². The molecular weight excluding hydrogens is 404 g/mol. The van der Waals surface area contributed by atoms with Gasteiger partial charge in [0.2, 0.25) is 0 Å². The number of rotatable bonds is 5. The number of benzene rings is 1. The molecule has 30 heavy (non-hydrogen) atoms. The van der Waals surface area contributed by atoms with Crippen molar-refractivity contribution in [1.82, 2.24) is 25.1 Å². The van der Waals surface area contributed by atoms with E-state index in [9.17, 15) is 0 Å². The highest BCUT2D eigenvalue weighted by Crippen LogP contribution is 2.33. The summed E-state index contributed by atoms with van der Waals surface area (Å²) < 4.78 is 10.3. The Morgan fingerprint density at radius 1 is 1.23 bits per heavy atom. The summed E-state index contributed by atoms with van der Waals surface area (Å²) in [6.45, 7) is 2.05. The zero-order chi connectivity index (χ0) is 20.5. The first kappa shape index (κ1) is 19.0. The lowest BCUT2D eigenvalue weighted by Crippen LogP contribution is -2.33. The number of imidazole rings is 1. The largest absolute Gasteiger partial charge is 0.375 e. The molecule has 0 atom stereocenters. The van der Waals surface area contributed by atoms with Gasteiger partial charge in [0.1, 0.15) is 18.2 Å². The van der Waals surface area contributed by atoms with Gasteiger partial charge in [-0.2, -0.15) is 4.98 Å². The Labute approximate surface area is 178 Å². The minimum absolute atomic E-state index is 0.276. The third kappa shape index (κ3) is 3.64. The molecule has 0 aliphatic carbocycles. The molecule has 0 spiro atoms. The molecule has 0 bridgehead atoms. The number of piperidine rings is 1. The lowest BCUT2D eigenvalue weighted by atomic mass is 9.96. The molecule has 4 aromatic rings. The molecule has 0 radical (unpaired) electrons. The average molecular weight is 425 g/mol. The quantitative estimate of drug-likeness (QED) is 0.513. The lowest BCUT2D eigenvalue weighted by Gasteiger charge is -2.31. The third-order valence-corrected chi connectivity index (χ3v) is 5.72. The fraction of sp³-hybridized carbons (Fsp3) is 0.333. The van der Waals surface area contributed by atoms with E-state index in [1.165, 1.54) is 0 Å². The number of H-pyrrole nitrogens is 1. The van der Waals surface area contributed by atoms with E-state index < -0.39 is 0 Å². The topological polar surface area (TPSA) is 93.0 Å². The number of nitrogens with one attached hydrogen (secondary N) is 1. The van der Waals surface area contributed by atoms with E-state index >= 15 is 0 Å². The summed E-state index contributed by atoms with van der Waals surface area (Å²) in [6, 6.07) is 9.94. The van der Waals surface area contributed by atoms with Gasteiger partial charge in [-0.1, -0.05) is 28.9 Å². The second kappa shape index (κ2) is 8.04. The molecule has 5 rings (SSSR count). The Bertz CT molecular complexity index is 1130. The molecule has 9 heteroatoms. The minimum atomic E-state index is 0.276.